The van der Waals surface area contributed by atoms with E-state index in [1.165, 1.54) is 38.5 Å². The molecule has 14 nitrogen and oxygen atoms in total. The lowest BCUT2D eigenvalue weighted by molar-refractivity contribution is 0.366. The number of H-pyrrole nitrogens is 1. The molecule has 4 aromatic rings. The van der Waals surface area contributed by atoms with Crippen LogP contribution >= 0.6 is 0 Å². The third kappa shape index (κ3) is 5.31. The van der Waals surface area contributed by atoms with Crippen LogP contribution in [0.15, 0.2) is 77.9 Å². The predicted molar refractivity (Wildman–Crippen MR) is 145 cm³/mol. The van der Waals surface area contributed by atoms with E-state index < -0.39 is 15.6 Å². The lowest BCUT2D eigenvalue weighted by Gasteiger charge is -2.29. The Morgan fingerprint density at radius 3 is 2.39 bits per heavy atom. The number of benzene rings is 2. The van der Waals surface area contributed by atoms with Crippen molar-refractivity contribution in [3.05, 3.63) is 84.6 Å². The molecule has 1 aliphatic rings. The zero-order chi connectivity index (χ0) is 28.9. The summed E-state index contributed by atoms with van der Waals surface area (Å²) in [5, 5.41) is 17.3. The number of hydrogen-bond donors (Lipinski definition) is 3. The van der Waals surface area contributed by atoms with Gasteiger partial charge in [0.15, 0.2) is 28.7 Å². The molecule has 15 heteroatoms. The Bertz CT molecular complexity index is 1750. The summed E-state index contributed by atoms with van der Waals surface area (Å²) in [5.74, 6) is 0.326. The molecular formula is C26H22N8O6S. The fraction of sp³-hybridized carbons (Fsp3) is 0.115. The molecule has 1 aliphatic heterocycles. The van der Waals surface area contributed by atoms with Crippen molar-refractivity contribution in [3.8, 4) is 41.4 Å². The van der Waals surface area contributed by atoms with Crippen molar-refractivity contribution >= 4 is 15.8 Å². The molecule has 3 N–H and O–H groups in total. The Balaban J connectivity index is 1.71. The molecule has 0 saturated carbocycles. The van der Waals surface area contributed by atoms with Crippen molar-refractivity contribution in [1.29, 1.82) is 0 Å². The van der Waals surface area contributed by atoms with Gasteiger partial charge in [-0.2, -0.15) is 10.2 Å². The van der Waals surface area contributed by atoms with Crippen molar-refractivity contribution in [1.82, 2.24) is 35.9 Å². The molecule has 0 fully saturated rings. The molecule has 1 unspecified atom stereocenters. The quantitative estimate of drug-likeness (QED) is 0.236. The highest BCUT2D eigenvalue weighted by atomic mass is 32.2. The Morgan fingerprint density at radius 2 is 1.76 bits per heavy atom. The number of sulfonamides is 1. The summed E-state index contributed by atoms with van der Waals surface area (Å²) < 4.78 is 51.5. The number of methoxy groups -OCH3 is 2. The summed E-state index contributed by atoms with van der Waals surface area (Å²) in [6.07, 6.45) is 14.3. The van der Waals surface area contributed by atoms with E-state index in [9.17, 15) is 8.42 Å². The maximum Gasteiger partial charge on any atom is 0.279 e. The van der Waals surface area contributed by atoms with Gasteiger partial charge in [0.1, 0.15) is 11.9 Å². The van der Waals surface area contributed by atoms with Crippen LogP contribution < -0.4 is 29.0 Å². The van der Waals surface area contributed by atoms with E-state index >= 15 is 0 Å². The van der Waals surface area contributed by atoms with Gasteiger partial charge in [0.25, 0.3) is 15.9 Å². The topological polar surface area (TPSA) is 175 Å². The molecule has 3 heterocycles. The predicted octanol–water partition coefficient (Wildman–Crippen LogP) is 2.49. The van der Waals surface area contributed by atoms with Crippen LogP contribution in [0.2, 0.25) is 0 Å². The van der Waals surface area contributed by atoms with E-state index in [4.69, 9.17) is 25.4 Å². The molecule has 0 spiro atoms. The van der Waals surface area contributed by atoms with Crippen molar-refractivity contribution in [2.24, 2.45) is 0 Å². The number of anilines is 1. The van der Waals surface area contributed by atoms with Gasteiger partial charge in [0, 0.05) is 0 Å². The van der Waals surface area contributed by atoms with Gasteiger partial charge >= 0.3 is 0 Å². The Hall–Kier alpha value is -5.62. The van der Waals surface area contributed by atoms with Gasteiger partial charge in [-0.25, -0.2) is 13.4 Å². The zero-order valence-corrected chi connectivity index (χ0v) is 22.4. The van der Waals surface area contributed by atoms with Gasteiger partial charge in [-0.1, -0.05) is 29.8 Å². The van der Waals surface area contributed by atoms with Crippen molar-refractivity contribution in [2.75, 3.05) is 18.9 Å². The highest BCUT2D eigenvalue weighted by Crippen LogP contribution is 2.42. The molecule has 2 aromatic carbocycles. The minimum Gasteiger partial charge on any atom is -0.497 e. The van der Waals surface area contributed by atoms with Crippen LogP contribution in [0.5, 0.6) is 28.9 Å². The normalized spacial score (nSPS) is 15.8. The Labute approximate surface area is 234 Å². The first-order chi connectivity index (χ1) is 19.9. The molecule has 208 valence electrons. The van der Waals surface area contributed by atoms with Crippen molar-refractivity contribution in [2.45, 2.75) is 10.4 Å². The fourth-order valence-electron chi connectivity index (χ4n) is 3.84. The molecule has 0 saturated heterocycles. The van der Waals surface area contributed by atoms with Crippen molar-refractivity contribution in [3.63, 3.8) is 0 Å². The van der Waals surface area contributed by atoms with Crippen LogP contribution in [-0.2, 0) is 15.6 Å². The van der Waals surface area contributed by atoms with Crippen molar-refractivity contribution < 1.29 is 27.4 Å². The van der Waals surface area contributed by atoms with Crippen LogP contribution in [0.4, 0.5) is 5.82 Å². The van der Waals surface area contributed by atoms with Gasteiger partial charge in [-0.3, -0.25) is 4.72 Å². The summed E-state index contributed by atoms with van der Waals surface area (Å²) in [6, 6.07) is 12.5. The van der Waals surface area contributed by atoms with Gasteiger partial charge in [0.2, 0.25) is 11.6 Å². The molecule has 2 aromatic heterocycles. The second-order valence-electron chi connectivity index (χ2n) is 8.19. The molecule has 0 radical (unpaired) electrons. The summed E-state index contributed by atoms with van der Waals surface area (Å²) >= 11 is 0. The first-order valence-electron chi connectivity index (χ1n) is 11.8. The van der Waals surface area contributed by atoms with Gasteiger partial charge < -0.3 is 24.3 Å². The van der Waals surface area contributed by atoms with E-state index in [1.807, 2.05) is 0 Å². The van der Waals surface area contributed by atoms with Crippen LogP contribution in [0, 0.1) is 12.5 Å². The summed E-state index contributed by atoms with van der Waals surface area (Å²) in [6.45, 7) is 0. The SMILES string of the molecule is C#COc1nc(C2(c3nn[nH]n3)C=CC=CN2)nc(NS(=O)(=O)c2ccc(OC)cc2)c1Oc1ccccc1OC. The third-order valence-electron chi connectivity index (χ3n) is 5.79. The number of para-hydroxylation sites is 2. The van der Waals surface area contributed by atoms with E-state index in [0.29, 0.717) is 11.5 Å². The molecular weight excluding hydrogens is 552 g/mol. The number of dihydropyridines is 1. The molecule has 41 heavy (non-hydrogen) atoms. The molecule has 0 bridgehead atoms. The number of hydrogen-bond acceptors (Lipinski definition) is 12. The maximum atomic E-state index is 13.5. The molecule has 0 aliphatic carbocycles. The monoisotopic (exact) mass is 574 g/mol. The maximum absolute atomic E-state index is 13.5. The number of allylic oxidation sites excluding steroid dienone is 2. The van der Waals surface area contributed by atoms with Gasteiger partial charge in [0.05, 0.1) is 19.1 Å². The van der Waals surface area contributed by atoms with Crippen LogP contribution in [0.25, 0.3) is 0 Å². The number of nitrogens with zero attached hydrogens (tertiary/aromatic N) is 5. The average Bonchev–Trinajstić information content (AvgIpc) is 3.55. The lowest BCUT2D eigenvalue weighted by Crippen LogP contribution is -2.42. The lowest BCUT2D eigenvalue weighted by atomic mass is 9.95. The van der Waals surface area contributed by atoms with Gasteiger partial charge in [-0.15, -0.1) is 10.2 Å². The van der Waals surface area contributed by atoms with E-state index in [-0.39, 0.29) is 39.7 Å². The average molecular weight is 575 g/mol. The number of terminal acetylenes is 1. The fourth-order valence-corrected chi connectivity index (χ4v) is 4.84. The number of aromatic amines is 1. The van der Waals surface area contributed by atoms with Crippen LogP contribution in [0.1, 0.15) is 11.6 Å². The minimum atomic E-state index is -4.24. The number of aromatic nitrogens is 6. The van der Waals surface area contributed by atoms with Crippen LogP contribution in [0.3, 0.4) is 0 Å². The second-order valence-corrected chi connectivity index (χ2v) is 9.87. The van der Waals surface area contributed by atoms with E-state index in [0.717, 1.165) is 0 Å². The summed E-state index contributed by atoms with van der Waals surface area (Å²) in [4.78, 5) is 8.97. The van der Waals surface area contributed by atoms with Crippen LogP contribution in [-0.4, -0.2) is 53.2 Å². The molecule has 0 amide bonds. The zero-order valence-electron chi connectivity index (χ0n) is 21.6. The Kier molecular flexibility index (Phi) is 7.39. The summed E-state index contributed by atoms with van der Waals surface area (Å²) in [7, 11) is -1.31. The first kappa shape index (κ1) is 27.0. The van der Waals surface area contributed by atoms with E-state index in [1.54, 1.807) is 48.7 Å². The smallest absolute Gasteiger partial charge is 0.279 e. The first-order valence-corrected chi connectivity index (χ1v) is 13.3. The molecule has 5 rings (SSSR count). The highest BCUT2D eigenvalue weighted by molar-refractivity contribution is 7.92. The van der Waals surface area contributed by atoms with Gasteiger partial charge in [-0.05, 0) is 54.8 Å². The number of nitrogens with one attached hydrogen (secondary N) is 3. The number of tetrazole rings is 1. The summed E-state index contributed by atoms with van der Waals surface area (Å²) in [5.41, 5.74) is -1.39. The number of rotatable bonds is 10. The molecule has 1 atom stereocenters. The third-order valence-corrected chi connectivity index (χ3v) is 7.14. The Morgan fingerprint density at radius 1 is 0.976 bits per heavy atom. The van der Waals surface area contributed by atoms with E-state index in [2.05, 4.69) is 46.7 Å². The highest BCUT2D eigenvalue weighted by Gasteiger charge is 2.41. The number of ether oxygens (including phenoxy) is 4. The standard InChI is InChI=1S/C26H22N8O6S/c1-4-39-23-21(40-20-10-6-5-9-19(20)38-3)22(32-41(35,36)18-13-11-17(37-2)12-14-18)28-24(29-23)26(15-7-8-16-27-26)25-30-33-34-31-25/h1,5-16,27H,2-3H3,(H,28,29,32)(H,30,31,33,34). The second kappa shape index (κ2) is 11.2. The minimum absolute atomic E-state index is 0.0374. The largest absolute Gasteiger partial charge is 0.497 e.